The molecule has 114 valence electrons. The standard InChI is InChI=1S/C13H16FN3O4/c1-21-8-3-2-7(6-8)16-13(18)11-9(14)4-5-10(12(11)15)17(19)20/h4-5,7-8H,2-3,6,15H2,1H3,(H,16,18). The zero-order valence-corrected chi connectivity index (χ0v) is 11.5. The fourth-order valence-corrected chi connectivity index (χ4v) is 2.51. The number of nitro benzene ring substituents is 1. The lowest BCUT2D eigenvalue weighted by atomic mass is 10.1. The first-order chi connectivity index (χ1) is 9.93. The van der Waals surface area contributed by atoms with Crippen molar-refractivity contribution in [2.45, 2.75) is 31.4 Å². The number of halogens is 1. The first-order valence-corrected chi connectivity index (χ1v) is 6.50. The zero-order valence-electron chi connectivity index (χ0n) is 11.5. The van der Waals surface area contributed by atoms with Crippen molar-refractivity contribution in [2.75, 3.05) is 12.8 Å². The Bertz CT molecular complexity index is 579. The van der Waals surface area contributed by atoms with Crippen LogP contribution in [0, 0.1) is 15.9 Å². The van der Waals surface area contributed by atoms with Crippen LogP contribution in [0.4, 0.5) is 15.8 Å². The average molecular weight is 297 g/mol. The summed E-state index contributed by atoms with van der Waals surface area (Å²) in [6.07, 6.45) is 2.19. The van der Waals surface area contributed by atoms with E-state index in [1.165, 1.54) is 0 Å². The van der Waals surface area contributed by atoms with Crippen LogP contribution in [0.5, 0.6) is 0 Å². The topological polar surface area (TPSA) is 107 Å². The van der Waals surface area contributed by atoms with Crippen molar-refractivity contribution in [3.05, 3.63) is 33.6 Å². The minimum atomic E-state index is -0.878. The van der Waals surface area contributed by atoms with Crippen LogP contribution in [-0.4, -0.2) is 30.1 Å². The minimum absolute atomic E-state index is 0.0580. The smallest absolute Gasteiger partial charge is 0.293 e. The number of nitrogens with one attached hydrogen (secondary N) is 1. The number of ether oxygens (including phenoxy) is 1. The van der Waals surface area contributed by atoms with Crippen LogP contribution in [0.15, 0.2) is 12.1 Å². The highest BCUT2D eigenvalue weighted by molar-refractivity contribution is 6.01. The van der Waals surface area contributed by atoms with Gasteiger partial charge in [-0.2, -0.15) is 0 Å². The molecule has 8 heteroatoms. The maximum Gasteiger partial charge on any atom is 0.293 e. The van der Waals surface area contributed by atoms with Crippen molar-refractivity contribution < 1.29 is 18.8 Å². The Balaban J connectivity index is 2.19. The van der Waals surface area contributed by atoms with Crippen molar-refractivity contribution in [1.29, 1.82) is 0 Å². The van der Waals surface area contributed by atoms with Gasteiger partial charge in [-0.05, 0) is 25.3 Å². The number of methoxy groups -OCH3 is 1. The quantitative estimate of drug-likeness (QED) is 0.499. The van der Waals surface area contributed by atoms with E-state index >= 15 is 0 Å². The lowest BCUT2D eigenvalue weighted by molar-refractivity contribution is -0.384. The molecule has 2 atom stereocenters. The van der Waals surface area contributed by atoms with Gasteiger partial charge in [0, 0.05) is 19.2 Å². The number of anilines is 1. The Morgan fingerprint density at radius 1 is 1.52 bits per heavy atom. The number of benzene rings is 1. The number of nitrogens with two attached hydrogens (primary N) is 1. The molecule has 0 aromatic heterocycles. The third kappa shape index (κ3) is 3.10. The molecule has 1 aliphatic carbocycles. The second-order valence-corrected chi connectivity index (χ2v) is 4.95. The summed E-state index contributed by atoms with van der Waals surface area (Å²) in [7, 11) is 1.59. The molecule has 0 radical (unpaired) electrons. The van der Waals surface area contributed by atoms with Crippen molar-refractivity contribution in [3.63, 3.8) is 0 Å². The van der Waals surface area contributed by atoms with Crippen molar-refractivity contribution >= 4 is 17.3 Å². The Morgan fingerprint density at radius 2 is 2.24 bits per heavy atom. The second kappa shape index (κ2) is 6.04. The maximum absolute atomic E-state index is 13.8. The number of carbonyl (C=O) groups is 1. The highest BCUT2D eigenvalue weighted by Gasteiger charge is 2.29. The summed E-state index contributed by atoms with van der Waals surface area (Å²) in [5.74, 6) is -1.62. The van der Waals surface area contributed by atoms with E-state index in [-0.39, 0.29) is 12.1 Å². The summed E-state index contributed by atoms with van der Waals surface area (Å²) >= 11 is 0. The molecule has 1 fully saturated rings. The van der Waals surface area contributed by atoms with Gasteiger partial charge in [0.05, 0.1) is 11.0 Å². The van der Waals surface area contributed by atoms with Crippen molar-refractivity contribution in [3.8, 4) is 0 Å². The fraction of sp³-hybridized carbons (Fsp3) is 0.462. The summed E-state index contributed by atoms with van der Waals surface area (Å²) in [5.41, 5.74) is 4.12. The Labute approximate surface area is 120 Å². The number of amides is 1. The molecule has 1 aromatic carbocycles. The second-order valence-electron chi connectivity index (χ2n) is 4.95. The van der Waals surface area contributed by atoms with Crippen LogP contribution >= 0.6 is 0 Å². The van der Waals surface area contributed by atoms with Gasteiger partial charge in [-0.15, -0.1) is 0 Å². The van der Waals surface area contributed by atoms with E-state index in [1.54, 1.807) is 7.11 Å². The predicted octanol–water partition coefficient (Wildman–Crippen LogP) is 1.61. The molecule has 2 unspecified atom stereocenters. The zero-order chi connectivity index (χ0) is 15.6. The first kappa shape index (κ1) is 15.2. The third-order valence-electron chi connectivity index (χ3n) is 3.65. The van der Waals surface area contributed by atoms with Gasteiger partial charge >= 0.3 is 0 Å². The van der Waals surface area contributed by atoms with Gasteiger partial charge in [-0.25, -0.2) is 4.39 Å². The Kier molecular flexibility index (Phi) is 4.37. The van der Waals surface area contributed by atoms with Crippen LogP contribution in [0.3, 0.4) is 0 Å². The van der Waals surface area contributed by atoms with Gasteiger partial charge in [-0.3, -0.25) is 14.9 Å². The number of rotatable bonds is 4. The van der Waals surface area contributed by atoms with Gasteiger partial charge < -0.3 is 15.8 Å². The molecule has 0 bridgehead atoms. The SMILES string of the molecule is COC1CCC(NC(=O)c2c(F)ccc([N+](=O)[O-])c2N)C1. The molecular formula is C13H16FN3O4. The molecule has 2 rings (SSSR count). The van der Waals surface area contributed by atoms with E-state index < -0.39 is 33.6 Å². The largest absolute Gasteiger partial charge is 0.392 e. The molecule has 3 N–H and O–H groups in total. The van der Waals surface area contributed by atoms with Gasteiger partial charge in [0.1, 0.15) is 17.1 Å². The predicted molar refractivity (Wildman–Crippen MR) is 73.4 cm³/mol. The maximum atomic E-state index is 13.8. The van der Waals surface area contributed by atoms with Gasteiger partial charge in [0.15, 0.2) is 0 Å². The van der Waals surface area contributed by atoms with E-state index in [2.05, 4.69) is 5.32 Å². The molecule has 0 saturated heterocycles. The van der Waals surface area contributed by atoms with E-state index in [9.17, 15) is 19.3 Å². The van der Waals surface area contributed by atoms with Gasteiger partial charge in [-0.1, -0.05) is 0 Å². The lowest BCUT2D eigenvalue weighted by Crippen LogP contribution is -2.34. The molecule has 0 heterocycles. The monoisotopic (exact) mass is 297 g/mol. The van der Waals surface area contributed by atoms with Crippen LogP contribution in [0.1, 0.15) is 29.6 Å². The summed E-state index contributed by atoms with van der Waals surface area (Å²) in [6, 6.07) is 1.66. The highest BCUT2D eigenvalue weighted by Crippen LogP contribution is 2.28. The molecule has 1 amide bonds. The molecule has 1 aromatic rings. The van der Waals surface area contributed by atoms with E-state index in [4.69, 9.17) is 10.5 Å². The Hall–Kier alpha value is -2.22. The van der Waals surface area contributed by atoms with E-state index in [0.717, 1.165) is 18.6 Å². The summed E-state index contributed by atoms with van der Waals surface area (Å²) in [4.78, 5) is 22.2. The van der Waals surface area contributed by atoms with Crippen LogP contribution in [-0.2, 0) is 4.74 Å². The van der Waals surface area contributed by atoms with Crippen LogP contribution in [0.25, 0.3) is 0 Å². The van der Waals surface area contributed by atoms with E-state index in [0.29, 0.717) is 12.8 Å². The number of hydrogen-bond acceptors (Lipinski definition) is 5. The summed E-state index contributed by atoms with van der Waals surface area (Å²) in [6.45, 7) is 0. The highest BCUT2D eigenvalue weighted by atomic mass is 19.1. The summed E-state index contributed by atoms with van der Waals surface area (Å²) in [5, 5.41) is 13.4. The third-order valence-corrected chi connectivity index (χ3v) is 3.65. The van der Waals surface area contributed by atoms with Gasteiger partial charge in [0.2, 0.25) is 0 Å². The van der Waals surface area contributed by atoms with Crippen LogP contribution < -0.4 is 11.1 Å². The number of nitro groups is 1. The van der Waals surface area contributed by atoms with Crippen molar-refractivity contribution in [2.24, 2.45) is 0 Å². The number of carbonyl (C=O) groups excluding carboxylic acids is 1. The number of nitrogens with zero attached hydrogens (tertiary/aromatic N) is 1. The van der Waals surface area contributed by atoms with Crippen molar-refractivity contribution in [1.82, 2.24) is 5.32 Å². The molecular weight excluding hydrogens is 281 g/mol. The fourth-order valence-electron chi connectivity index (χ4n) is 2.51. The van der Waals surface area contributed by atoms with E-state index in [1.807, 2.05) is 0 Å². The normalized spacial score (nSPS) is 21.2. The lowest BCUT2D eigenvalue weighted by Gasteiger charge is -2.14. The number of hydrogen-bond donors (Lipinski definition) is 2. The molecule has 1 saturated carbocycles. The Morgan fingerprint density at radius 3 is 2.81 bits per heavy atom. The molecule has 7 nitrogen and oxygen atoms in total. The molecule has 0 aliphatic heterocycles. The molecule has 21 heavy (non-hydrogen) atoms. The number of nitrogen functional groups attached to an aromatic ring is 1. The minimum Gasteiger partial charge on any atom is -0.392 e. The summed E-state index contributed by atoms with van der Waals surface area (Å²) < 4.78 is 19.0. The molecule has 1 aliphatic rings. The van der Waals surface area contributed by atoms with Crippen LogP contribution in [0.2, 0.25) is 0 Å². The first-order valence-electron chi connectivity index (χ1n) is 6.50. The molecule has 0 spiro atoms. The average Bonchev–Trinajstić information content (AvgIpc) is 2.85. The van der Waals surface area contributed by atoms with Gasteiger partial charge in [0.25, 0.3) is 11.6 Å².